The average Bonchev–Trinajstić information content (AvgIpc) is 3.23. The predicted octanol–water partition coefficient (Wildman–Crippen LogP) is 5.35. The van der Waals surface area contributed by atoms with Crippen LogP contribution in [0.15, 0.2) is 83.8 Å². The van der Waals surface area contributed by atoms with Crippen LogP contribution in [0.4, 0.5) is 20.6 Å². The molecular formula is C26H23ClFN3O4S. The molecule has 1 aliphatic rings. The molecule has 0 saturated carbocycles. The van der Waals surface area contributed by atoms with E-state index < -0.39 is 33.6 Å². The first-order chi connectivity index (χ1) is 17.0. The lowest BCUT2D eigenvalue weighted by atomic mass is 10.0. The highest BCUT2D eigenvalue weighted by atomic mass is 35.5. The lowest BCUT2D eigenvalue weighted by molar-refractivity contribution is -0.119. The fraction of sp³-hybridized carbons (Fsp3) is 0.154. The number of carbonyl (C=O) groups is 2. The van der Waals surface area contributed by atoms with Gasteiger partial charge in [0, 0.05) is 29.1 Å². The first-order valence-corrected chi connectivity index (χ1v) is 13.2. The number of urea groups is 1. The van der Waals surface area contributed by atoms with Crippen LogP contribution in [0.25, 0.3) is 11.1 Å². The van der Waals surface area contributed by atoms with Gasteiger partial charge in [-0.3, -0.25) is 4.79 Å². The van der Waals surface area contributed by atoms with Gasteiger partial charge in [-0.05, 0) is 54.4 Å². The van der Waals surface area contributed by atoms with Gasteiger partial charge in [0.15, 0.2) is 9.84 Å². The number of nitrogens with zero attached hydrogens (tertiary/aromatic N) is 1. The highest BCUT2D eigenvalue weighted by molar-refractivity contribution is 7.90. The third-order valence-electron chi connectivity index (χ3n) is 5.74. The third-order valence-corrected chi connectivity index (χ3v) is 7.14. The summed E-state index contributed by atoms with van der Waals surface area (Å²) in [7, 11) is -3.53. The Hall–Kier alpha value is -3.69. The van der Waals surface area contributed by atoms with Gasteiger partial charge >= 0.3 is 6.03 Å². The molecule has 3 amide bonds. The normalized spacial score (nSPS) is 15.6. The molecule has 1 fully saturated rings. The number of carbonyl (C=O) groups excluding carboxylic acids is 2. The molecular weight excluding hydrogens is 505 g/mol. The molecule has 0 aliphatic carbocycles. The van der Waals surface area contributed by atoms with Gasteiger partial charge < -0.3 is 15.5 Å². The molecule has 3 aromatic carbocycles. The van der Waals surface area contributed by atoms with Crippen LogP contribution in [-0.2, 0) is 14.6 Å². The van der Waals surface area contributed by atoms with Gasteiger partial charge in [0.2, 0.25) is 5.91 Å². The number of likely N-dealkylation sites (tertiary alicyclic amines) is 1. The van der Waals surface area contributed by atoms with Crippen molar-refractivity contribution >= 4 is 44.8 Å². The number of sulfone groups is 1. The molecule has 1 heterocycles. The molecule has 1 atom stereocenters. The third kappa shape index (κ3) is 5.58. The highest BCUT2D eigenvalue weighted by Gasteiger charge is 2.36. The van der Waals surface area contributed by atoms with Crippen LogP contribution < -0.4 is 10.6 Å². The van der Waals surface area contributed by atoms with Gasteiger partial charge in [0.1, 0.15) is 11.9 Å². The maximum atomic E-state index is 15.0. The number of benzene rings is 3. The molecule has 0 spiro atoms. The van der Waals surface area contributed by atoms with E-state index in [-0.39, 0.29) is 23.5 Å². The molecule has 1 aliphatic heterocycles. The Bertz CT molecular complexity index is 1460. The molecule has 2 N–H and O–H groups in total. The van der Waals surface area contributed by atoms with Crippen molar-refractivity contribution in [2.24, 2.45) is 0 Å². The second-order valence-electron chi connectivity index (χ2n) is 8.49. The highest BCUT2D eigenvalue weighted by Crippen LogP contribution is 2.30. The lowest BCUT2D eigenvalue weighted by Gasteiger charge is -2.24. The van der Waals surface area contributed by atoms with Crippen LogP contribution in [-0.4, -0.2) is 44.1 Å². The lowest BCUT2D eigenvalue weighted by Crippen LogP contribution is -2.45. The standard InChI is InChI=1S/C26H23ClFN3O4S/c1-16-13-23(31(15-16)26(33)29-19-10-8-18(27)9-11-19)25(32)30-22-12-7-17(14-21(22)28)20-5-3-4-6-24(20)36(2,34)35/h3-12,14,23H,1,13,15H2,2H3,(H,29,33)(H,30,32). The fourth-order valence-corrected chi connectivity index (χ4v) is 5.04. The van der Waals surface area contributed by atoms with Crippen molar-refractivity contribution in [3.05, 3.63) is 89.7 Å². The number of amides is 3. The number of rotatable bonds is 5. The van der Waals surface area contributed by atoms with Crippen molar-refractivity contribution in [2.75, 3.05) is 23.4 Å². The number of anilines is 2. The number of halogens is 2. The SMILES string of the molecule is C=C1CC(C(=O)Nc2ccc(-c3ccccc3S(C)(=O)=O)cc2F)N(C(=O)Nc2ccc(Cl)cc2)C1. The maximum Gasteiger partial charge on any atom is 0.322 e. The zero-order valence-corrected chi connectivity index (χ0v) is 20.9. The van der Waals surface area contributed by atoms with E-state index in [0.29, 0.717) is 27.4 Å². The Kier molecular flexibility index (Phi) is 7.14. The summed E-state index contributed by atoms with van der Waals surface area (Å²) in [6, 6.07) is 15.5. The van der Waals surface area contributed by atoms with E-state index in [9.17, 15) is 22.4 Å². The second-order valence-corrected chi connectivity index (χ2v) is 10.9. The molecule has 0 aromatic heterocycles. The number of hydrogen-bond donors (Lipinski definition) is 2. The molecule has 0 bridgehead atoms. The van der Waals surface area contributed by atoms with Crippen LogP contribution in [0.2, 0.25) is 5.02 Å². The predicted molar refractivity (Wildman–Crippen MR) is 138 cm³/mol. The van der Waals surface area contributed by atoms with Gasteiger partial charge in [-0.25, -0.2) is 17.6 Å². The van der Waals surface area contributed by atoms with Crippen molar-refractivity contribution in [2.45, 2.75) is 17.4 Å². The molecule has 0 radical (unpaired) electrons. The van der Waals surface area contributed by atoms with Crippen molar-refractivity contribution < 1.29 is 22.4 Å². The largest absolute Gasteiger partial charge is 0.322 e. The van der Waals surface area contributed by atoms with Crippen LogP contribution in [0.1, 0.15) is 6.42 Å². The minimum absolute atomic E-state index is 0.0768. The van der Waals surface area contributed by atoms with Crippen LogP contribution in [0, 0.1) is 5.82 Å². The second kappa shape index (κ2) is 10.1. The summed E-state index contributed by atoms with van der Waals surface area (Å²) in [5.74, 6) is -1.30. The van der Waals surface area contributed by atoms with Gasteiger partial charge in [0.25, 0.3) is 0 Å². The van der Waals surface area contributed by atoms with Crippen molar-refractivity contribution in [3.63, 3.8) is 0 Å². The summed E-state index contributed by atoms with van der Waals surface area (Å²) >= 11 is 5.88. The average molecular weight is 528 g/mol. The van der Waals surface area contributed by atoms with E-state index in [1.54, 1.807) is 42.5 Å². The molecule has 1 unspecified atom stereocenters. The summed E-state index contributed by atoms with van der Waals surface area (Å²) in [5, 5.41) is 5.78. The van der Waals surface area contributed by atoms with E-state index in [1.165, 1.54) is 23.1 Å². The van der Waals surface area contributed by atoms with Crippen LogP contribution in [0.5, 0.6) is 0 Å². The van der Waals surface area contributed by atoms with Crippen molar-refractivity contribution in [1.82, 2.24) is 4.90 Å². The summed E-state index contributed by atoms with van der Waals surface area (Å²) in [6.07, 6.45) is 1.32. The minimum atomic E-state index is -3.53. The van der Waals surface area contributed by atoms with Crippen molar-refractivity contribution in [1.29, 1.82) is 0 Å². The van der Waals surface area contributed by atoms with Gasteiger partial charge in [-0.1, -0.05) is 48.0 Å². The summed E-state index contributed by atoms with van der Waals surface area (Å²) in [5.41, 5.74) is 1.82. The molecule has 36 heavy (non-hydrogen) atoms. The van der Waals surface area contributed by atoms with Crippen LogP contribution >= 0.6 is 11.6 Å². The van der Waals surface area contributed by atoms with E-state index in [2.05, 4.69) is 17.2 Å². The maximum absolute atomic E-state index is 15.0. The van der Waals surface area contributed by atoms with E-state index >= 15 is 0 Å². The molecule has 1 saturated heterocycles. The molecule has 7 nitrogen and oxygen atoms in total. The Morgan fingerprint density at radius 1 is 1.06 bits per heavy atom. The fourth-order valence-electron chi connectivity index (χ4n) is 4.00. The van der Waals surface area contributed by atoms with E-state index in [1.807, 2.05) is 0 Å². The molecule has 3 aromatic rings. The smallest absolute Gasteiger partial charge is 0.322 e. The minimum Gasteiger partial charge on any atom is -0.322 e. The first kappa shape index (κ1) is 25.4. The van der Waals surface area contributed by atoms with Gasteiger partial charge in [-0.15, -0.1) is 0 Å². The Morgan fingerprint density at radius 2 is 1.75 bits per heavy atom. The zero-order valence-electron chi connectivity index (χ0n) is 19.3. The Labute approximate surface area is 213 Å². The number of nitrogens with one attached hydrogen (secondary N) is 2. The molecule has 186 valence electrons. The summed E-state index contributed by atoms with van der Waals surface area (Å²) < 4.78 is 39.2. The monoisotopic (exact) mass is 527 g/mol. The first-order valence-electron chi connectivity index (χ1n) is 10.9. The Balaban J connectivity index is 1.52. The topological polar surface area (TPSA) is 95.6 Å². The summed E-state index contributed by atoms with van der Waals surface area (Å²) in [6.45, 7) is 4.08. The number of hydrogen-bond acceptors (Lipinski definition) is 4. The van der Waals surface area contributed by atoms with Gasteiger partial charge in [-0.2, -0.15) is 0 Å². The van der Waals surface area contributed by atoms with Gasteiger partial charge in [0.05, 0.1) is 10.6 Å². The molecule has 10 heteroatoms. The van der Waals surface area contributed by atoms with Crippen molar-refractivity contribution in [3.8, 4) is 11.1 Å². The van der Waals surface area contributed by atoms with Crippen LogP contribution in [0.3, 0.4) is 0 Å². The molecule has 4 rings (SSSR count). The van der Waals surface area contributed by atoms with E-state index in [0.717, 1.165) is 12.3 Å². The Morgan fingerprint density at radius 3 is 2.42 bits per heavy atom. The van der Waals surface area contributed by atoms with E-state index in [4.69, 9.17) is 11.6 Å². The quantitative estimate of drug-likeness (QED) is 0.437. The summed E-state index contributed by atoms with van der Waals surface area (Å²) in [4.78, 5) is 27.3. The zero-order chi connectivity index (χ0) is 26.0.